The number of hydrogen-bond donors (Lipinski definition) is 0. The van der Waals surface area contributed by atoms with Crippen LogP contribution in [0.3, 0.4) is 0 Å². The average Bonchev–Trinajstić information content (AvgIpc) is 3.08. The Balaban J connectivity index is 1.78. The molecule has 2 aliphatic rings. The van der Waals surface area contributed by atoms with Gasteiger partial charge in [-0.1, -0.05) is 25.0 Å². The summed E-state index contributed by atoms with van der Waals surface area (Å²) in [5.41, 5.74) is 2.44. The number of carbonyl (C=O) groups is 2. The van der Waals surface area contributed by atoms with E-state index in [0.29, 0.717) is 18.8 Å². The van der Waals surface area contributed by atoms with Gasteiger partial charge in [0.25, 0.3) is 5.91 Å². The Bertz CT molecular complexity index is 544. The van der Waals surface area contributed by atoms with Crippen LogP contribution in [0.1, 0.15) is 58.4 Å². The number of ketones is 1. The first-order chi connectivity index (χ1) is 9.66. The third-order valence-electron chi connectivity index (χ3n) is 4.66. The number of hydrogen-bond acceptors (Lipinski definition) is 2. The zero-order chi connectivity index (χ0) is 14.1. The van der Waals surface area contributed by atoms with E-state index in [1.54, 1.807) is 0 Å². The second kappa shape index (κ2) is 5.39. The van der Waals surface area contributed by atoms with Crippen molar-refractivity contribution in [3.63, 3.8) is 0 Å². The van der Waals surface area contributed by atoms with E-state index in [0.717, 1.165) is 23.2 Å². The van der Waals surface area contributed by atoms with Crippen LogP contribution in [0.4, 0.5) is 0 Å². The second-order valence-electron chi connectivity index (χ2n) is 6.09. The highest BCUT2D eigenvalue weighted by Gasteiger charge is 2.27. The fraction of sp³-hybridized carbons (Fsp3) is 0.529. The summed E-state index contributed by atoms with van der Waals surface area (Å²) < 4.78 is 0. The van der Waals surface area contributed by atoms with E-state index in [1.807, 2.05) is 30.1 Å². The van der Waals surface area contributed by atoms with Crippen molar-refractivity contribution < 1.29 is 9.59 Å². The zero-order valence-corrected chi connectivity index (χ0v) is 12.0. The standard InChI is InChI=1S/C17H21NO2/c1-18(11-12-5-2-3-6-12)17(20)15-8-4-7-14-13(15)9-10-16(14)19/h4,7-8,12H,2-3,5-6,9-11H2,1H3. The second-order valence-corrected chi connectivity index (χ2v) is 6.09. The summed E-state index contributed by atoms with van der Waals surface area (Å²) in [5, 5.41) is 0. The van der Waals surface area contributed by atoms with E-state index < -0.39 is 0 Å². The molecule has 1 amide bonds. The van der Waals surface area contributed by atoms with Crippen LogP contribution in [-0.2, 0) is 6.42 Å². The lowest BCUT2D eigenvalue weighted by Gasteiger charge is -2.22. The molecule has 0 unspecified atom stereocenters. The molecule has 3 heteroatoms. The van der Waals surface area contributed by atoms with Crippen molar-refractivity contribution in [2.24, 2.45) is 5.92 Å². The lowest BCUT2D eigenvalue weighted by atomic mass is 10.0. The third kappa shape index (κ3) is 2.37. The monoisotopic (exact) mass is 271 g/mol. The summed E-state index contributed by atoms with van der Waals surface area (Å²) in [4.78, 5) is 26.2. The van der Waals surface area contributed by atoms with Crippen LogP contribution in [0.15, 0.2) is 18.2 Å². The summed E-state index contributed by atoms with van der Waals surface area (Å²) in [6.45, 7) is 0.844. The number of benzene rings is 1. The van der Waals surface area contributed by atoms with Gasteiger partial charge in [-0.15, -0.1) is 0 Å². The van der Waals surface area contributed by atoms with Gasteiger partial charge in [0.2, 0.25) is 0 Å². The fourth-order valence-corrected chi connectivity index (χ4v) is 3.56. The molecule has 3 nitrogen and oxygen atoms in total. The molecular formula is C17H21NO2. The van der Waals surface area contributed by atoms with E-state index in [9.17, 15) is 9.59 Å². The molecule has 0 bridgehead atoms. The van der Waals surface area contributed by atoms with Crippen molar-refractivity contribution in [3.8, 4) is 0 Å². The van der Waals surface area contributed by atoms with Gasteiger partial charge >= 0.3 is 0 Å². The van der Waals surface area contributed by atoms with E-state index in [4.69, 9.17) is 0 Å². The van der Waals surface area contributed by atoms with Gasteiger partial charge in [-0.2, -0.15) is 0 Å². The SMILES string of the molecule is CN(CC1CCCC1)C(=O)c1cccc2c1CCC2=O. The summed E-state index contributed by atoms with van der Waals surface area (Å²) >= 11 is 0. The van der Waals surface area contributed by atoms with Crippen LogP contribution >= 0.6 is 0 Å². The first kappa shape index (κ1) is 13.3. The molecule has 0 aliphatic heterocycles. The predicted molar refractivity (Wildman–Crippen MR) is 78.0 cm³/mol. The maximum Gasteiger partial charge on any atom is 0.253 e. The minimum absolute atomic E-state index is 0.0726. The number of fused-ring (bicyclic) bond motifs is 1. The lowest BCUT2D eigenvalue weighted by Crippen LogP contribution is -2.31. The molecule has 2 aliphatic carbocycles. The number of nitrogens with zero attached hydrogens (tertiary/aromatic N) is 1. The Kier molecular flexibility index (Phi) is 3.60. The molecular weight excluding hydrogens is 250 g/mol. The van der Waals surface area contributed by atoms with Gasteiger partial charge in [0, 0.05) is 31.1 Å². The van der Waals surface area contributed by atoms with Gasteiger partial charge in [0.15, 0.2) is 5.78 Å². The van der Waals surface area contributed by atoms with E-state index in [2.05, 4.69) is 0 Å². The third-order valence-corrected chi connectivity index (χ3v) is 4.66. The van der Waals surface area contributed by atoms with Crippen LogP contribution in [0.25, 0.3) is 0 Å². The van der Waals surface area contributed by atoms with Crippen molar-refractivity contribution in [1.29, 1.82) is 0 Å². The maximum absolute atomic E-state index is 12.6. The molecule has 0 aromatic heterocycles. The van der Waals surface area contributed by atoms with Crippen LogP contribution in [0, 0.1) is 5.92 Å². The highest BCUT2D eigenvalue weighted by Crippen LogP contribution is 2.28. The van der Waals surface area contributed by atoms with E-state index >= 15 is 0 Å². The molecule has 0 atom stereocenters. The molecule has 20 heavy (non-hydrogen) atoms. The van der Waals surface area contributed by atoms with Crippen LogP contribution in [-0.4, -0.2) is 30.2 Å². The van der Waals surface area contributed by atoms with Crippen LogP contribution < -0.4 is 0 Å². The Morgan fingerprint density at radius 2 is 2.00 bits per heavy atom. The molecule has 1 aromatic carbocycles. The molecule has 0 N–H and O–H groups in total. The average molecular weight is 271 g/mol. The minimum Gasteiger partial charge on any atom is -0.341 e. The molecule has 1 aromatic rings. The number of amides is 1. The first-order valence-corrected chi connectivity index (χ1v) is 7.57. The van der Waals surface area contributed by atoms with Crippen molar-refractivity contribution in [3.05, 3.63) is 34.9 Å². The number of Topliss-reactive ketones (excluding diaryl/α,β-unsaturated/α-hetero) is 1. The smallest absolute Gasteiger partial charge is 0.253 e. The van der Waals surface area contributed by atoms with Gasteiger partial charge in [0.05, 0.1) is 0 Å². The topological polar surface area (TPSA) is 37.4 Å². The maximum atomic E-state index is 12.6. The Morgan fingerprint density at radius 3 is 2.75 bits per heavy atom. The zero-order valence-electron chi connectivity index (χ0n) is 12.0. The molecule has 0 spiro atoms. The lowest BCUT2D eigenvalue weighted by molar-refractivity contribution is 0.0772. The quantitative estimate of drug-likeness (QED) is 0.847. The normalized spacial score (nSPS) is 18.4. The summed E-state index contributed by atoms with van der Waals surface area (Å²) in [5.74, 6) is 0.902. The Labute approximate surface area is 120 Å². The van der Waals surface area contributed by atoms with Crippen molar-refractivity contribution in [2.75, 3.05) is 13.6 Å². The van der Waals surface area contributed by atoms with Crippen molar-refractivity contribution in [2.45, 2.75) is 38.5 Å². The van der Waals surface area contributed by atoms with Crippen LogP contribution in [0.2, 0.25) is 0 Å². The largest absolute Gasteiger partial charge is 0.341 e. The number of carbonyl (C=O) groups excluding carboxylic acids is 2. The van der Waals surface area contributed by atoms with Gasteiger partial charge in [-0.3, -0.25) is 9.59 Å². The molecule has 0 saturated heterocycles. The van der Waals surface area contributed by atoms with Crippen LogP contribution in [0.5, 0.6) is 0 Å². The molecule has 3 rings (SSSR count). The summed E-state index contributed by atoms with van der Waals surface area (Å²) in [7, 11) is 1.89. The molecule has 1 fully saturated rings. The molecule has 0 heterocycles. The highest BCUT2D eigenvalue weighted by molar-refractivity contribution is 6.05. The van der Waals surface area contributed by atoms with Gasteiger partial charge in [-0.25, -0.2) is 0 Å². The fourth-order valence-electron chi connectivity index (χ4n) is 3.56. The summed E-state index contributed by atoms with van der Waals surface area (Å²) in [6, 6.07) is 5.54. The van der Waals surface area contributed by atoms with E-state index in [-0.39, 0.29) is 11.7 Å². The number of rotatable bonds is 3. The predicted octanol–water partition coefficient (Wildman–Crippen LogP) is 3.08. The first-order valence-electron chi connectivity index (χ1n) is 7.57. The molecule has 1 saturated carbocycles. The molecule has 106 valence electrons. The van der Waals surface area contributed by atoms with Gasteiger partial charge in [0.1, 0.15) is 0 Å². The molecule has 0 radical (unpaired) electrons. The summed E-state index contributed by atoms with van der Waals surface area (Å²) in [6.07, 6.45) is 6.33. The highest BCUT2D eigenvalue weighted by atomic mass is 16.2. The van der Waals surface area contributed by atoms with Crippen molar-refractivity contribution >= 4 is 11.7 Å². The van der Waals surface area contributed by atoms with E-state index in [1.165, 1.54) is 25.7 Å². The Morgan fingerprint density at radius 1 is 1.25 bits per heavy atom. The Hall–Kier alpha value is -1.64. The minimum atomic E-state index is 0.0726. The van der Waals surface area contributed by atoms with Gasteiger partial charge < -0.3 is 4.90 Å². The van der Waals surface area contributed by atoms with Gasteiger partial charge in [-0.05, 0) is 36.8 Å². The van der Waals surface area contributed by atoms with Crippen molar-refractivity contribution in [1.82, 2.24) is 4.90 Å².